The van der Waals surface area contributed by atoms with Gasteiger partial charge in [-0.15, -0.1) is 0 Å². The van der Waals surface area contributed by atoms with Gasteiger partial charge in [0.2, 0.25) is 0 Å². The van der Waals surface area contributed by atoms with E-state index in [1.165, 1.54) is 0 Å². The maximum absolute atomic E-state index is 12.2. The molecule has 0 saturated heterocycles. The Balaban J connectivity index is 2.45. The summed E-state index contributed by atoms with van der Waals surface area (Å²) in [5, 5.41) is 17.4. The lowest BCUT2D eigenvalue weighted by atomic mass is 10.2. The van der Waals surface area contributed by atoms with E-state index in [1.54, 1.807) is 24.3 Å². The molecule has 0 heterocycles. The van der Waals surface area contributed by atoms with Gasteiger partial charge in [-0.2, -0.15) is 0 Å². The fourth-order valence-electron chi connectivity index (χ4n) is 2.96. The van der Waals surface area contributed by atoms with E-state index in [4.69, 9.17) is 10.2 Å². The zero-order valence-electron chi connectivity index (χ0n) is 16.6. The first-order valence-corrected chi connectivity index (χ1v) is 13.6. The number of benzene rings is 1. The second-order valence-electron chi connectivity index (χ2n) is 7.28. The lowest BCUT2D eigenvalue weighted by Crippen LogP contribution is -2.11. The van der Waals surface area contributed by atoms with Crippen molar-refractivity contribution in [2.45, 2.75) is 62.9 Å². The molecule has 0 atom stereocenters. The van der Waals surface area contributed by atoms with Gasteiger partial charge in [0.25, 0.3) is 0 Å². The molecule has 0 unspecified atom stereocenters. The van der Waals surface area contributed by atoms with Crippen molar-refractivity contribution in [1.29, 1.82) is 0 Å². The quantitative estimate of drug-likeness (QED) is 0.387. The number of rotatable bonds is 16. The van der Waals surface area contributed by atoms with Gasteiger partial charge in [-0.25, -0.2) is 16.8 Å². The first-order valence-electron chi connectivity index (χ1n) is 9.98. The Morgan fingerprint density at radius 2 is 0.857 bits per heavy atom. The molecule has 28 heavy (non-hydrogen) atoms. The van der Waals surface area contributed by atoms with Crippen LogP contribution in [0.15, 0.2) is 24.3 Å². The molecule has 0 amide bonds. The summed E-state index contributed by atoms with van der Waals surface area (Å²) in [4.78, 5) is 0. The molecule has 0 bridgehead atoms. The topological polar surface area (TPSA) is 109 Å². The highest BCUT2D eigenvalue weighted by molar-refractivity contribution is 7.90. The van der Waals surface area contributed by atoms with E-state index < -0.39 is 19.7 Å². The number of sulfone groups is 2. The average molecular weight is 435 g/mol. The summed E-state index contributed by atoms with van der Waals surface area (Å²) in [6.45, 7) is 0.275. The van der Waals surface area contributed by atoms with Gasteiger partial charge in [0.05, 0.1) is 23.0 Å². The zero-order chi connectivity index (χ0) is 20.9. The number of aliphatic hydroxyl groups is 2. The third-order valence-electron chi connectivity index (χ3n) is 4.52. The summed E-state index contributed by atoms with van der Waals surface area (Å²) < 4.78 is 48.7. The molecule has 0 aliphatic carbocycles. The first-order chi connectivity index (χ1) is 13.3. The second kappa shape index (κ2) is 13.3. The zero-order valence-corrected chi connectivity index (χ0v) is 18.2. The van der Waals surface area contributed by atoms with Crippen LogP contribution in [0.1, 0.15) is 62.5 Å². The van der Waals surface area contributed by atoms with Gasteiger partial charge in [0, 0.05) is 13.2 Å². The van der Waals surface area contributed by atoms with Crippen LogP contribution in [0.3, 0.4) is 0 Å². The van der Waals surface area contributed by atoms with Crippen molar-refractivity contribution in [2.75, 3.05) is 24.7 Å². The molecule has 1 aromatic carbocycles. The highest BCUT2D eigenvalue weighted by Crippen LogP contribution is 2.14. The highest BCUT2D eigenvalue weighted by atomic mass is 32.2. The first kappa shape index (κ1) is 25.1. The number of unbranched alkanes of at least 4 members (excludes halogenated alkanes) is 6. The Hall–Kier alpha value is -0.960. The predicted molar refractivity (Wildman–Crippen MR) is 113 cm³/mol. The molecule has 8 heteroatoms. The van der Waals surface area contributed by atoms with Gasteiger partial charge in [0.1, 0.15) is 0 Å². The van der Waals surface area contributed by atoms with Crippen LogP contribution in [0.4, 0.5) is 0 Å². The van der Waals surface area contributed by atoms with Crippen LogP contribution in [0.2, 0.25) is 0 Å². The molecule has 1 aromatic rings. The van der Waals surface area contributed by atoms with E-state index in [2.05, 4.69) is 0 Å². The molecular weight excluding hydrogens is 400 g/mol. The lowest BCUT2D eigenvalue weighted by Gasteiger charge is -2.07. The minimum Gasteiger partial charge on any atom is -0.396 e. The molecule has 162 valence electrons. The van der Waals surface area contributed by atoms with E-state index >= 15 is 0 Å². The Kier molecular flexibility index (Phi) is 11.9. The minimum absolute atomic E-state index is 0.0368. The molecule has 0 aliphatic heterocycles. The predicted octanol–water partition coefficient (Wildman–Crippen LogP) is 2.62. The van der Waals surface area contributed by atoms with Gasteiger partial charge >= 0.3 is 0 Å². The summed E-state index contributed by atoms with van der Waals surface area (Å²) in [6.07, 6.45) is 5.83. The van der Waals surface area contributed by atoms with Crippen molar-refractivity contribution in [3.63, 3.8) is 0 Å². The van der Waals surface area contributed by atoms with Crippen LogP contribution >= 0.6 is 0 Å². The van der Waals surface area contributed by atoms with Crippen molar-refractivity contribution in [2.24, 2.45) is 0 Å². The van der Waals surface area contributed by atoms with Gasteiger partial charge in [-0.1, -0.05) is 49.9 Å². The third kappa shape index (κ3) is 11.8. The van der Waals surface area contributed by atoms with Crippen LogP contribution in [-0.4, -0.2) is 51.8 Å². The van der Waals surface area contributed by atoms with Gasteiger partial charge < -0.3 is 10.2 Å². The molecule has 0 spiro atoms. The van der Waals surface area contributed by atoms with Crippen molar-refractivity contribution >= 4 is 19.7 Å². The maximum atomic E-state index is 12.2. The van der Waals surface area contributed by atoms with Crippen molar-refractivity contribution in [1.82, 2.24) is 0 Å². The van der Waals surface area contributed by atoms with Crippen LogP contribution in [0, 0.1) is 0 Å². The Labute approximate surface area is 169 Å². The van der Waals surface area contributed by atoms with Crippen molar-refractivity contribution in [3.05, 3.63) is 35.4 Å². The van der Waals surface area contributed by atoms with Crippen LogP contribution in [-0.2, 0) is 31.2 Å². The van der Waals surface area contributed by atoms with Gasteiger partial charge in [0.15, 0.2) is 19.7 Å². The molecular formula is C20H34O6S2. The minimum atomic E-state index is -3.19. The molecule has 0 saturated carbocycles. The van der Waals surface area contributed by atoms with E-state index in [1.807, 2.05) is 0 Å². The molecule has 0 aliphatic rings. The standard InChI is InChI=1S/C20H34O6S2/c21-13-5-1-3-7-15-27(23,24)17-19-9-11-20(12-10-19)18-28(25,26)16-8-4-2-6-14-22/h9-12,21-22H,1-8,13-18H2. The number of hydrogen-bond acceptors (Lipinski definition) is 6. The van der Waals surface area contributed by atoms with E-state index in [-0.39, 0.29) is 36.2 Å². The van der Waals surface area contributed by atoms with Crippen molar-refractivity contribution < 1.29 is 27.0 Å². The Bertz CT molecular complexity index is 674. The average Bonchev–Trinajstić information content (AvgIpc) is 2.62. The molecule has 2 N–H and O–H groups in total. The summed E-state index contributed by atoms with van der Waals surface area (Å²) in [6, 6.07) is 6.76. The number of aliphatic hydroxyl groups excluding tert-OH is 2. The summed E-state index contributed by atoms with van der Waals surface area (Å²) >= 11 is 0. The van der Waals surface area contributed by atoms with Gasteiger partial charge in [-0.3, -0.25) is 0 Å². The monoisotopic (exact) mass is 434 g/mol. The SMILES string of the molecule is O=S(=O)(CCCCCCO)Cc1ccc(CS(=O)(=O)CCCCCCO)cc1. The van der Waals surface area contributed by atoms with Crippen molar-refractivity contribution in [3.8, 4) is 0 Å². The fraction of sp³-hybridized carbons (Fsp3) is 0.700. The summed E-state index contributed by atoms with van der Waals surface area (Å²) in [7, 11) is -6.38. The Morgan fingerprint density at radius 3 is 1.18 bits per heavy atom. The van der Waals surface area contributed by atoms with E-state index in [0.29, 0.717) is 36.8 Å². The summed E-state index contributed by atoms with van der Waals surface area (Å²) in [5.74, 6) is 0.186. The fourth-order valence-corrected chi connectivity index (χ4v) is 5.94. The molecule has 6 nitrogen and oxygen atoms in total. The van der Waals surface area contributed by atoms with Gasteiger partial charge in [-0.05, 0) is 36.8 Å². The third-order valence-corrected chi connectivity index (χ3v) is 7.89. The maximum Gasteiger partial charge on any atom is 0.154 e. The number of hydrogen-bond donors (Lipinski definition) is 2. The van der Waals surface area contributed by atoms with E-state index in [9.17, 15) is 16.8 Å². The smallest absolute Gasteiger partial charge is 0.154 e. The Morgan fingerprint density at radius 1 is 0.536 bits per heavy atom. The van der Waals surface area contributed by atoms with Crippen LogP contribution in [0.5, 0.6) is 0 Å². The normalized spacial score (nSPS) is 12.4. The molecule has 0 radical (unpaired) electrons. The lowest BCUT2D eigenvalue weighted by molar-refractivity contribution is 0.282. The summed E-state index contributed by atoms with van der Waals surface area (Å²) in [5.41, 5.74) is 1.33. The highest BCUT2D eigenvalue weighted by Gasteiger charge is 2.14. The van der Waals surface area contributed by atoms with E-state index in [0.717, 1.165) is 25.7 Å². The molecule has 0 aromatic heterocycles. The van der Waals surface area contributed by atoms with Crippen LogP contribution < -0.4 is 0 Å². The molecule has 1 rings (SSSR count). The van der Waals surface area contributed by atoms with Crippen LogP contribution in [0.25, 0.3) is 0 Å². The largest absolute Gasteiger partial charge is 0.396 e. The second-order valence-corrected chi connectivity index (χ2v) is 11.6. The molecule has 0 fully saturated rings.